The minimum absolute atomic E-state index is 0.136. The molecule has 4 heteroatoms. The maximum Gasteiger partial charge on any atom is 0.234 e. The Morgan fingerprint density at radius 2 is 2.05 bits per heavy atom. The number of amides is 1. The van der Waals surface area contributed by atoms with E-state index in [1.807, 2.05) is 0 Å². The summed E-state index contributed by atoms with van der Waals surface area (Å²) >= 11 is 1.72. The summed E-state index contributed by atoms with van der Waals surface area (Å²) in [5, 5.41) is 5.30. The lowest BCUT2D eigenvalue weighted by molar-refractivity contribution is -0.123. The number of rotatable bonds is 5. The smallest absolute Gasteiger partial charge is 0.234 e. The van der Waals surface area contributed by atoms with Crippen molar-refractivity contribution >= 4 is 17.2 Å². The minimum atomic E-state index is 0.136. The predicted octanol–water partition coefficient (Wildman–Crippen LogP) is 3.54. The van der Waals surface area contributed by atoms with Crippen LogP contribution in [-0.4, -0.2) is 30.4 Å². The van der Waals surface area contributed by atoms with E-state index < -0.39 is 0 Å². The fourth-order valence-electron chi connectivity index (χ4n) is 3.38. The Balaban J connectivity index is 1.91. The Kier molecular flexibility index (Phi) is 5.82. The zero-order valence-electron chi connectivity index (χ0n) is 13.6. The third-order valence-electron chi connectivity index (χ3n) is 4.14. The van der Waals surface area contributed by atoms with Crippen LogP contribution in [0.25, 0.3) is 0 Å². The van der Waals surface area contributed by atoms with E-state index in [0.717, 1.165) is 13.1 Å². The Labute approximate surface area is 132 Å². The maximum absolute atomic E-state index is 12.4. The summed E-state index contributed by atoms with van der Waals surface area (Å²) in [7, 11) is 0. The Hall–Kier alpha value is -0.870. The highest BCUT2D eigenvalue weighted by Crippen LogP contribution is 2.26. The molecule has 118 valence electrons. The van der Waals surface area contributed by atoms with Gasteiger partial charge in [-0.15, -0.1) is 11.3 Å². The molecule has 1 aromatic heterocycles. The van der Waals surface area contributed by atoms with Gasteiger partial charge in [-0.25, -0.2) is 0 Å². The molecule has 1 amide bonds. The first-order chi connectivity index (χ1) is 9.95. The minimum Gasteiger partial charge on any atom is -0.347 e. The van der Waals surface area contributed by atoms with Crippen molar-refractivity contribution in [3.05, 3.63) is 22.4 Å². The first-order valence-corrected chi connectivity index (χ1v) is 8.88. The van der Waals surface area contributed by atoms with E-state index in [-0.39, 0.29) is 11.9 Å². The number of nitrogens with zero attached hydrogens (tertiary/aromatic N) is 1. The number of carbonyl (C=O) groups excluding carboxylic acids is 1. The topological polar surface area (TPSA) is 32.3 Å². The van der Waals surface area contributed by atoms with Gasteiger partial charge in [-0.2, -0.15) is 0 Å². The Bertz CT molecular complexity index is 434. The highest BCUT2D eigenvalue weighted by atomic mass is 32.1. The van der Waals surface area contributed by atoms with Gasteiger partial charge in [0.15, 0.2) is 0 Å². The van der Waals surface area contributed by atoms with Crippen molar-refractivity contribution in [3.63, 3.8) is 0 Å². The monoisotopic (exact) mass is 308 g/mol. The first-order valence-electron chi connectivity index (χ1n) is 8.00. The molecule has 0 aromatic carbocycles. The molecule has 1 fully saturated rings. The molecule has 3 unspecified atom stereocenters. The van der Waals surface area contributed by atoms with Gasteiger partial charge in [0.05, 0.1) is 12.6 Å². The molecule has 3 nitrogen and oxygen atoms in total. The van der Waals surface area contributed by atoms with Gasteiger partial charge in [0.2, 0.25) is 5.91 Å². The van der Waals surface area contributed by atoms with Crippen LogP contribution < -0.4 is 5.32 Å². The van der Waals surface area contributed by atoms with E-state index in [1.54, 1.807) is 11.3 Å². The van der Waals surface area contributed by atoms with Crippen molar-refractivity contribution in [1.29, 1.82) is 0 Å². The summed E-state index contributed by atoms with van der Waals surface area (Å²) in [5.41, 5.74) is 0. The van der Waals surface area contributed by atoms with Crippen LogP contribution >= 0.6 is 11.3 Å². The molecule has 1 saturated heterocycles. The zero-order valence-corrected chi connectivity index (χ0v) is 14.5. The van der Waals surface area contributed by atoms with E-state index in [2.05, 4.69) is 55.4 Å². The summed E-state index contributed by atoms with van der Waals surface area (Å²) in [5.74, 6) is 1.95. The fourth-order valence-corrected chi connectivity index (χ4v) is 4.33. The molecule has 2 rings (SSSR count). The molecule has 0 radical (unpaired) electrons. The van der Waals surface area contributed by atoms with Crippen LogP contribution in [0.15, 0.2) is 17.5 Å². The predicted molar refractivity (Wildman–Crippen MR) is 89.4 cm³/mol. The summed E-state index contributed by atoms with van der Waals surface area (Å²) in [4.78, 5) is 15.9. The number of likely N-dealkylation sites (tertiary alicyclic amines) is 1. The third-order valence-corrected chi connectivity index (χ3v) is 5.10. The van der Waals surface area contributed by atoms with Crippen LogP contribution in [-0.2, 0) is 4.79 Å². The van der Waals surface area contributed by atoms with Gasteiger partial charge in [-0.05, 0) is 35.6 Å². The molecule has 1 aliphatic rings. The number of carbonyl (C=O) groups is 1. The van der Waals surface area contributed by atoms with E-state index in [1.165, 1.54) is 11.3 Å². The van der Waals surface area contributed by atoms with Gasteiger partial charge in [-0.1, -0.05) is 33.8 Å². The molecule has 1 aromatic rings. The molecule has 2 heterocycles. The van der Waals surface area contributed by atoms with Gasteiger partial charge < -0.3 is 5.32 Å². The summed E-state index contributed by atoms with van der Waals surface area (Å²) in [6, 6.07) is 4.30. The number of nitrogens with one attached hydrogen (secondary N) is 1. The number of hydrogen-bond acceptors (Lipinski definition) is 3. The lowest BCUT2D eigenvalue weighted by Crippen LogP contribution is -2.45. The van der Waals surface area contributed by atoms with Crippen LogP contribution in [0.5, 0.6) is 0 Å². The molecule has 0 spiro atoms. The van der Waals surface area contributed by atoms with Crippen LogP contribution in [0.3, 0.4) is 0 Å². The maximum atomic E-state index is 12.4. The summed E-state index contributed by atoms with van der Waals surface area (Å²) in [6.45, 7) is 11.5. The second-order valence-electron chi connectivity index (χ2n) is 6.94. The standard InChI is InChI=1S/C17H28N2OS/c1-12(2)17(15-6-5-7-21-15)18-16(20)11-19-9-13(3)8-14(4)10-19/h5-7,12-14,17H,8-11H2,1-4H3,(H,18,20). The molecular formula is C17H28N2OS. The second-order valence-corrected chi connectivity index (χ2v) is 7.92. The summed E-state index contributed by atoms with van der Waals surface area (Å²) in [6.07, 6.45) is 1.28. The van der Waals surface area contributed by atoms with Crippen molar-refractivity contribution in [2.24, 2.45) is 17.8 Å². The Morgan fingerprint density at radius 3 is 2.57 bits per heavy atom. The van der Waals surface area contributed by atoms with Crippen molar-refractivity contribution in [3.8, 4) is 0 Å². The normalized spacial score (nSPS) is 25.0. The van der Waals surface area contributed by atoms with Crippen LogP contribution in [0.2, 0.25) is 0 Å². The number of thiophene rings is 1. The van der Waals surface area contributed by atoms with E-state index >= 15 is 0 Å². The highest BCUT2D eigenvalue weighted by molar-refractivity contribution is 7.10. The number of piperidine rings is 1. The molecule has 0 aliphatic carbocycles. The van der Waals surface area contributed by atoms with Gasteiger partial charge in [0, 0.05) is 18.0 Å². The molecule has 0 saturated carbocycles. The summed E-state index contributed by atoms with van der Waals surface area (Å²) < 4.78 is 0. The van der Waals surface area contributed by atoms with Crippen LogP contribution in [0.4, 0.5) is 0 Å². The molecular weight excluding hydrogens is 280 g/mol. The van der Waals surface area contributed by atoms with Crippen LogP contribution in [0.1, 0.15) is 45.0 Å². The van der Waals surface area contributed by atoms with E-state index in [4.69, 9.17) is 0 Å². The van der Waals surface area contributed by atoms with Gasteiger partial charge in [0.25, 0.3) is 0 Å². The van der Waals surface area contributed by atoms with Gasteiger partial charge in [-0.3, -0.25) is 9.69 Å². The average molecular weight is 308 g/mol. The zero-order chi connectivity index (χ0) is 15.4. The van der Waals surface area contributed by atoms with Crippen molar-refractivity contribution in [2.75, 3.05) is 19.6 Å². The fraction of sp³-hybridized carbons (Fsp3) is 0.706. The molecule has 1 N–H and O–H groups in total. The average Bonchev–Trinajstić information content (AvgIpc) is 2.87. The largest absolute Gasteiger partial charge is 0.347 e. The highest BCUT2D eigenvalue weighted by Gasteiger charge is 2.25. The Morgan fingerprint density at radius 1 is 1.38 bits per heavy atom. The SMILES string of the molecule is CC1CC(C)CN(CC(=O)NC(c2cccs2)C(C)C)C1. The molecule has 1 aliphatic heterocycles. The second kappa shape index (κ2) is 7.41. The van der Waals surface area contributed by atoms with Crippen molar-refractivity contribution in [2.45, 2.75) is 40.2 Å². The van der Waals surface area contributed by atoms with Crippen molar-refractivity contribution < 1.29 is 4.79 Å². The van der Waals surface area contributed by atoms with Crippen LogP contribution in [0, 0.1) is 17.8 Å². The van der Waals surface area contributed by atoms with Gasteiger partial charge in [0.1, 0.15) is 0 Å². The third kappa shape index (κ3) is 4.82. The first kappa shape index (κ1) is 16.5. The van der Waals surface area contributed by atoms with E-state index in [9.17, 15) is 4.79 Å². The van der Waals surface area contributed by atoms with Gasteiger partial charge >= 0.3 is 0 Å². The quantitative estimate of drug-likeness (QED) is 0.902. The molecule has 3 atom stereocenters. The lowest BCUT2D eigenvalue weighted by Gasteiger charge is -2.34. The molecule has 21 heavy (non-hydrogen) atoms. The molecule has 0 bridgehead atoms. The van der Waals surface area contributed by atoms with Crippen molar-refractivity contribution in [1.82, 2.24) is 10.2 Å². The number of hydrogen-bond donors (Lipinski definition) is 1. The lowest BCUT2D eigenvalue weighted by atomic mass is 9.92. The van der Waals surface area contributed by atoms with E-state index in [0.29, 0.717) is 24.3 Å².